The van der Waals surface area contributed by atoms with Crippen molar-refractivity contribution in [3.05, 3.63) is 28.2 Å². The Hall–Kier alpha value is -0.590. The normalized spacial score (nSPS) is 19.8. The highest BCUT2D eigenvalue weighted by atomic mass is 79.9. The minimum Gasteiger partial charge on any atom is -0.488 e. The molecule has 106 valence electrons. The first-order chi connectivity index (χ1) is 8.83. The quantitative estimate of drug-likeness (QED) is 0.881. The molecule has 0 saturated heterocycles. The van der Waals surface area contributed by atoms with Gasteiger partial charge in [-0.1, -0.05) is 15.9 Å². The van der Waals surface area contributed by atoms with E-state index in [1.54, 1.807) is 0 Å². The van der Waals surface area contributed by atoms with Crippen molar-refractivity contribution in [2.45, 2.75) is 25.5 Å². The summed E-state index contributed by atoms with van der Waals surface area (Å²) in [5.74, 6) is 1.07. The zero-order valence-corrected chi connectivity index (χ0v) is 13.4. The van der Waals surface area contributed by atoms with Crippen molar-refractivity contribution in [3.63, 3.8) is 0 Å². The summed E-state index contributed by atoms with van der Waals surface area (Å²) in [6, 6.07) is 5.92. The van der Waals surface area contributed by atoms with E-state index in [0.29, 0.717) is 6.54 Å². The Balaban J connectivity index is 1.84. The van der Waals surface area contributed by atoms with Crippen molar-refractivity contribution in [1.82, 2.24) is 5.32 Å². The van der Waals surface area contributed by atoms with Crippen LogP contribution >= 0.6 is 15.9 Å². The number of fused-ring (bicyclic) bond motifs is 1. The Labute approximate surface area is 122 Å². The van der Waals surface area contributed by atoms with Gasteiger partial charge in [-0.05, 0) is 30.7 Å². The van der Waals surface area contributed by atoms with Crippen LogP contribution in [0.5, 0.6) is 5.75 Å². The number of benzene rings is 1. The van der Waals surface area contributed by atoms with E-state index in [2.05, 4.69) is 27.3 Å². The van der Waals surface area contributed by atoms with Crippen molar-refractivity contribution < 1.29 is 13.2 Å². The summed E-state index contributed by atoms with van der Waals surface area (Å²) in [7, 11) is -2.94. The highest BCUT2D eigenvalue weighted by molar-refractivity contribution is 9.10. The van der Waals surface area contributed by atoms with Gasteiger partial charge in [-0.15, -0.1) is 0 Å². The van der Waals surface area contributed by atoms with Crippen LogP contribution in [0.25, 0.3) is 0 Å². The number of nitrogens with one attached hydrogen (secondary N) is 1. The molecule has 0 aromatic heterocycles. The molecule has 0 spiro atoms. The van der Waals surface area contributed by atoms with Crippen LogP contribution in [0.2, 0.25) is 0 Å². The molecular formula is C13H18BrNO3S. The van der Waals surface area contributed by atoms with Crippen LogP contribution in [0.15, 0.2) is 22.7 Å². The first-order valence-electron chi connectivity index (χ1n) is 6.19. The Morgan fingerprint density at radius 2 is 2.26 bits per heavy atom. The van der Waals surface area contributed by atoms with Crippen LogP contribution in [0, 0.1) is 0 Å². The second kappa shape index (κ2) is 5.81. The minimum atomic E-state index is -2.94. The second-order valence-corrected chi connectivity index (χ2v) is 8.20. The van der Waals surface area contributed by atoms with Crippen LogP contribution < -0.4 is 10.1 Å². The van der Waals surface area contributed by atoms with Crippen molar-refractivity contribution in [2.75, 3.05) is 18.6 Å². The summed E-state index contributed by atoms with van der Waals surface area (Å²) >= 11 is 3.44. The van der Waals surface area contributed by atoms with Crippen molar-refractivity contribution in [3.8, 4) is 5.75 Å². The Bertz CT molecular complexity index is 559. The zero-order valence-electron chi connectivity index (χ0n) is 11.0. The summed E-state index contributed by atoms with van der Waals surface area (Å²) < 4.78 is 29.2. The van der Waals surface area contributed by atoms with Crippen LogP contribution in [-0.4, -0.2) is 39.1 Å². The third kappa shape index (κ3) is 4.47. The Kier molecular flexibility index (Phi) is 4.53. The summed E-state index contributed by atoms with van der Waals surface area (Å²) in [4.78, 5) is 0. The molecule has 0 bridgehead atoms. The fourth-order valence-electron chi connectivity index (χ4n) is 2.25. The van der Waals surface area contributed by atoms with Crippen LogP contribution in [0.4, 0.5) is 0 Å². The molecule has 0 radical (unpaired) electrons. The topological polar surface area (TPSA) is 55.4 Å². The second-order valence-electron chi connectivity index (χ2n) is 5.10. The largest absolute Gasteiger partial charge is 0.488 e. The van der Waals surface area contributed by atoms with Gasteiger partial charge in [0, 0.05) is 29.7 Å². The van der Waals surface area contributed by atoms with Crippen molar-refractivity contribution in [2.24, 2.45) is 0 Å². The van der Waals surface area contributed by atoms with Crippen molar-refractivity contribution >= 4 is 25.8 Å². The average Bonchev–Trinajstić information content (AvgIpc) is 2.66. The van der Waals surface area contributed by atoms with Gasteiger partial charge in [0.05, 0.1) is 5.75 Å². The van der Waals surface area contributed by atoms with E-state index in [1.165, 1.54) is 11.8 Å². The smallest absolute Gasteiger partial charge is 0.148 e. The minimum absolute atomic E-state index is 0.0611. The van der Waals surface area contributed by atoms with Gasteiger partial charge >= 0.3 is 0 Å². The van der Waals surface area contributed by atoms with E-state index in [-0.39, 0.29) is 17.9 Å². The van der Waals surface area contributed by atoms with Gasteiger partial charge in [0.25, 0.3) is 0 Å². The molecule has 0 fully saturated rings. The third-order valence-corrected chi connectivity index (χ3v) is 4.61. The van der Waals surface area contributed by atoms with E-state index in [9.17, 15) is 8.42 Å². The molecule has 2 rings (SSSR count). The molecular weight excluding hydrogens is 330 g/mol. The lowest BCUT2D eigenvalue weighted by Gasteiger charge is -2.16. The molecule has 4 nitrogen and oxygen atoms in total. The van der Waals surface area contributed by atoms with Gasteiger partial charge in [-0.25, -0.2) is 8.42 Å². The number of rotatable bonds is 5. The molecule has 1 N–H and O–H groups in total. The van der Waals surface area contributed by atoms with Gasteiger partial charge in [-0.2, -0.15) is 0 Å². The monoisotopic (exact) mass is 347 g/mol. The average molecular weight is 348 g/mol. The highest BCUT2D eigenvalue weighted by Gasteiger charge is 2.23. The third-order valence-electron chi connectivity index (χ3n) is 3.01. The number of ether oxygens (including phenoxy) is 1. The fourth-order valence-corrected chi connectivity index (χ4v) is 3.68. The van der Waals surface area contributed by atoms with Crippen LogP contribution in [-0.2, 0) is 16.3 Å². The molecule has 1 aliphatic heterocycles. The summed E-state index contributed by atoms with van der Waals surface area (Å²) in [5, 5.41) is 3.21. The summed E-state index contributed by atoms with van der Waals surface area (Å²) in [5.41, 5.74) is 1.19. The van der Waals surface area contributed by atoms with Gasteiger partial charge in [0.1, 0.15) is 21.7 Å². The number of hydrogen-bond donors (Lipinski definition) is 1. The number of hydrogen-bond acceptors (Lipinski definition) is 4. The molecule has 2 unspecified atom stereocenters. The highest BCUT2D eigenvalue weighted by Crippen LogP contribution is 2.30. The molecule has 2 atom stereocenters. The van der Waals surface area contributed by atoms with Gasteiger partial charge < -0.3 is 10.1 Å². The maximum absolute atomic E-state index is 11.2. The summed E-state index contributed by atoms with van der Waals surface area (Å²) in [6.07, 6.45) is 2.18. The molecule has 19 heavy (non-hydrogen) atoms. The number of halogens is 1. The molecule has 0 saturated carbocycles. The fraction of sp³-hybridized carbons (Fsp3) is 0.538. The Morgan fingerprint density at radius 1 is 1.53 bits per heavy atom. The summed E-state index contributed by atoms with van der Waals surface area (Å²) in [6.45, 7) is 2.53. The van der Waals surface area contributed by atoms with E-state index in [1.807, 2.05) is 19.1 Å². The standard InChI is InChI=1S/C13H18BrNO3S/c1-9(8-19(2,16)17)15-7-12-6-10-5-11(14)3-4-13(10)18-12/h3-5,9,12,15H,6-8H2,1-2H3. The lowest BCUT2D eigenvalue weighted by molar-refractivity contribution is 0.224. The molecule has 6 heteroatoms. The maximum atomic E-state index is 11.2. The predicted octanol–water partition coefficient (Wildman–Crippen LogP) is 1.78. The number of sulfone groups is 1. The molecule has 0 amide bonds. The maximum Gasteiger partial charge on any atom is 0.148 e. The van der Waals surface area contributed by atoms with Crippen molar-refractivity contribution in [1.29, 1.82) is 0 Å². The van der Waals surface area contributed by atoms with E-state index < -0.39 is 9.84 Å². The van der Waals surface area contributed by atoms with Crippen LogP contribution in [0.1, 0.15) is 12.5 Å². The lowest BCUT2D eigenvalue weighted by atomic mass is 10.1. The molecule has 1 heterocycles. The first kappa shape index (κ1) is 14.8. The van der Waals surface area contributed by atoms with E-state index in [0.717, 1.165) is 16.6 Å². The van der Waals surface area contributed by atoms with Crippen LogP contribution in [0.3, 0.4) is 0 Å². The Morgan fingerprint density at radius 3 is 2.95 bits per heavy atom. The van der Waals surface area contributed by atoms with Gasteiger partial charge in [-0.3, -0.25) is 0 Å². The van der Waals surface area contributed by atoms with Gasteiger partial charge in [0.15, 0.2) is 0 Å². The predicted molar refractivity (Wildman–Crippen MR) is 79.4 cm³/mol. The zero-order chi connectivity index (χ0) is 14.0. The molecule has 1 aromatic rings. The molecule has 1 aromatic carbocycles. The first-order valence-corrected chi connectivity index (χ1v) is 9.05. The van der Waals surface area contributed by atoms with E-state index in [4.69, 9.17) is 4.74 Å². The molecule has 1 aliphatic rings. The van der Waals surface area contributed by atoms with Gasteiger partial charge in [0.2, 0.25) is 0 Å². The van der Waals surface area contributed by atoms with E-state index >= 15 is 0 Å². The lowest BCUT2D eigenvalue weighted by Crippen LogP contribution is -2.39. The molecule has 0 aliphatic carbocycles. The SMILES string of the molecule is CC(CS(C)(=O)=O)NCC1Cc2cc(Br)ccc2O1.